The van der Waals surface area contributed by atoms with Crippen LogP contribution in [0.15, 0.2) is 24.5 Å². The maximum atomic E-state index is 12.9. The van der Waals surface area contributed by atoms with Gasteiger partial charge in [-0.05, 0) is 50.0 Å². The molecule has 0 radical (unpaired) electrons. The second-order valence-corrected chi connectivity index (χ2v) is 7.06. The summed E-state index contributed by atoms with van der Waals surface area (Å²) in [7, 11) is 0. The van der Waals surface area contributed by atoms with Crippen LogP contribution in [0.3, 0.4) is 0 Å². The average molecular weight is 328 g/mol. The standard InChI is InChI=1S/C18H24N4O2/c23-11-15-10-22(9-14(15)8-21-5-1-2-6-21)18(24)13-3-4-16-17(7-13)20-12-19-16/h3-4,7,12,14-15,23H,1-2,5-6,8-11H2,(H,19,20)/t14-,15-/m0/s1. The molecule has 0 bridgehead atoms. The number of hydrogen-bond donors (Lipinski definition) is 2. The molecular formula is C18H24N4O2. The zero-order valence-corrected chi connectivity index (χ0v) is 13.8. The van der Waals surface area contributed by atoms with E-state index in [4.69, 9.17) is 0 Å². The van der Waals surface area contributed by atoms with E-state index in [1.807, 2.05) is 23.1 Å². The molecule has 3 heterocycles. The number of amides is 1. The SMILES string of the molecule is O=C(c1ccc2nc[nH]c2c1)N1C[C@@H](CO)[C@@H](CN2CCCC2)C1. The van der Waals surface area contributed by atoms with E-state index in [0.29, 0.717) is 18.0 Å². The lowest BCUT2D eigenvalue weighted by molar-refractivity contribution is 0.0779. The molecule has 128 valence electrons. The smallest absolute Gasteiger partial charge is 0.253 e. The summed E-state index contributed by atoms with van der Waals surface area (Å²) in [6.07, 6.45) is 4.18. The number of hydrogen-bond acceptors (Lipinski definition) is 4. The highest BCUT2D eigenvalue weighted by Crippen LogP contribution is 2.27. The maximum Gasteiger partial charge on any atom is 0.253 e. The first-order chi connectivity index (χ1) is 11.7. The lowest BCUT2D eigenvalue weighted by Gasteiger charge is -2.22. The number of aromatic amines is 1. The quantitative estimate of drug-likeness (QED) is 0.888. The summed E-state index contributed by atoms with van der Waals surface area (Å²) in [6, 6.07) is 5.58. The van der Waals surface area contributed by atoms with E-state index in [1.54, 1.807) is 6.33 Å². The summed E-state index contributed by atoms with van der Waals surface area (Å²) < 4.78 is 0. The van der Waals surface area contributed by atoms with Gasteiger partial charge in [-0.15, -0.1) is 0 Å². The molecule has 2 fully saturated rings. The van der Waals surface area contributed by atoms with Crippen LogP contribution < -0.4 is 0 Å². The van der Waals surface area contributed by atoms with Crippen molar-refractivity contribution in [3.63, 3.8) is 0 Å². The summed E-state index contributed by atoms with van der Waals surface area (Å²) >= 11 is 0. The number of nitrogens with zero attached hydrogens (tertiary/aromatic N) is 3. The first-order valence-electron chi connectivity index (χ1n) is 8.80. The van der Waals surface area contributed by atoms with Crippen LogP contribution in [0.5, 0.6) is 0 Å². The maximum absolute atomic E-state index is 12.9. The molecule has 2 N–H and O–H groups in total. The van der Waals surface area contributed by atoms with Gasteiger partial charge in [-0.25, -0.2) is 4.98 Å². The molecule has 0 saturated carbocycles. The monoisotopic (exact) mass is 328 g/mol. The van der Waals surface area contributed by atoms with E-state index in [-0.39, 0.29) is 18.4 Å². The van der Waals surface area contributed by atoms with Gasteiger partial charge >= 0.3 is 0 Å². The Hall–Kier alpha value is -1.92. The van der Waals surface area contributed by atoms with Crippen LogP contribution in [0.4, 0.5) is 0 Å². The fourth-order valence-corrected chi connectivity index (χ4v) is 4.07. The molecule has 1 amide bonds. The predicted octanol–water partition coefficient (Wildman–Crippen LogP) is 1.34. The van der Waals surface area contributed by atoms with Crippen LogP contribution in [0.25, 0.3) is 11.0 Å². The van der Waals surface area contributed by atoms with Gasteiger partial charge in [0.15, 0.2) is 0 Å². The van der Waals surface area contributed by atoms with Crippen molar-refractivity contribution in [3.8, 4) is 0 Å². The Morgan fingerprint density at radius 2 is 2.04 bits per heavy atom. The molecule has 2 aromatic rings. The zero-order valence-electron chi connectivity index (χ0n) is 13.8. The minimum Gasteiger partial charge on any atom is -0.396 e. The van der Waals surface area contributed by atoms with Crippen LogP contribution in [-0.2, 0) is 0 Å². The molecule has 2 saturated heterocycles. The Bertz CT molecular complexity index is 723. The third-order valence-electron chi connectivity index (χ3n) is 5.46. The highest BCUT2D eigenvalue weighted by molar-refractivity contribution is 5.97. The fraction of sp³-hybridized carbons (Fsp3) is 0.556. The predicted molar refractivity (Wildman–Crippen MR) is 91.7 cm³/mol. The van der Waals surface area contributed by atoms with E-state index in [2.05, 4.69) is 14.9 Å². The molecule has 1 aromatic carbocycles. The Morgan fingerprint density at radius 1 is 1.25 bits per heavy atom. The molecule has 2 aliphatic heterocycles. The number of likely N-dealkylation sites (tertiary alicyclic amines) is 2. The number of aromatic nitrogens is 2. The van der Waals surface area contributed by atoms with E-state index in [9.17, 15) is 9.90 Å². The van der Waals surface area contributed by atoms with E-state index >= 15 is 0 Å². The molecule has 24 heavy (non-hydrogen) atoms. The largest absolute Gasteiger partial charge is 0.396 e. The molecule has 4 rings (SSSR count). The van der Waals surface area contributed by atoms with Crippen LogP contribution in [0, 0.1) is 11.8 Å². The summed E-state index contributed by atoms with van der Waals surface area (Å²) in [4.78, 5) is 24.5. The van der Waals surface area contributed by atoms with E-state index in [1.165, 1.54) is 12.8 Å². The summed E-state index contributed by atoms with van der Waals surface area (Å²) in [5.41, 5.74) is 2.44. The third-order valence-corrected chi connectivity index (χ3v) is 5.46. The molecule has 2 atom stereocenters. The van der Waals surface area contributed by atoms with Gasteiger partial charge in [0.1, 0.15) is 0 Å². The Labute approximate surface area is 141 Å². The van der Waals surface area contributed by atoms with Crippen molar-refractivity contribution >= 4 is 16.9 Å². The topological polar surface area (TPSA) is 72.5 Å². The number of imidazole rings is 1. The summed E-state index contributed by atoms with van der Waals surface area (Å²) in [6.45, 7) is 4.84. The van der Waals surface area contributed by atoms with Gasteiger partial charge in [0.2, 0.25) is 0 Å². The van der Waals surface area contributed by atoms with Crippen molar-refractivity contribution < 1.29 is 9.90 Å². The number of aliphatic hydroxyl groups is 1. The number of carbonyl (C=O) groups is 1. The molecule has 6 heteroatoms. The summed E-state index contributed by atoms with van der Waals surface area (Å²) in [5, 5.41) is 9.72. The number of nitrogens with one attached hydrogen (secondary N) is 1. The Balaban J connectivity index is 1.47. The Kier molecular flexibility index (Phi) is 4.24. The lowest BCUT2D eigenvalue weighted by Crippen LogP contribution is -2.32. The van der Waals surface area contributed by atoms with Crippen molar-refractivity contribution in [3.05, 3.63) is 30.1 Å². The molecular weight excluding hydrogens is 304 g/mol. The fourth-order valence-electron chi connectivity index (χ4n) is 4.07. The number of H-pyrrole nitrogens is 1. The average Bonchev–Trinajstić information content (AvgIpc) is 3.34. The van der Waals surface area contributed by atoms with Gasteiger partial charge in [-0.2, -0.15) is 0 Å². The third kappa shape index (κ3) is 2.91. The van der Waals surface area contributed by atoms with E-state index < -0.39 is 0 Å². The van der Waals surface area contributed by atoms with Crippen LogP contribution in [0.2, 0.25) is 0 Å². The molecule has 0 unspecified atom stereocenters. The highest BCUT2D eigenvalue weighted by atomic mass is 16.3. The number of fused-ring (bicyclic) bond motifs is 1. The highest BCUT2D eigenvalue weighted by Gasteiger charge is 2.36. The number of rotatable bonds is 4. The van der Waals surface area contributed by atoms with Gasteiger partial charge in [-0.1, -0.05) is 0 Å². The van der Waals surface area contributed by atoms with Gasteiger partial charge in [-0.3, -0.25) is 4.79 Å². The minimum atomic E-state index is 0.0499. The number of benzene rings is 1. The van der Waals surface area contributed by atoms with Crippen molar-refractivity contribution in [1.82, 2.24) is 19.8 Å². The molecule has 1 aromatic heterocycles. The molecule has 0 aliphatic carbocycles. The van der Waals surface area contributed by atoms with Gasteiger partial charge in [0.05, 0.1) is 17.4 Å². The van der Waals surface area contributed by atoms with Crippen molar-refractivity contribution in [1.29, 1.82) is 0 Å². The lowest BCUT2D eigenvalue weighted by atomic mass is 9.96. The molecule has 0 spiro atoms. The second-order valence-electron chi connectivity index (χ2n) is 7.06. The first kappa shape index (κ1) is 15.6. The molecule has 2 aliphatic rings. The zero-order chi connectivity index (χ0) is 16.5. The molecule has 6 nitrogen and oxygen atoms in total. The summed E-state index contributed by atoms with van der Waals surface area (Å²) in [5.74, 6) is 0.604. The van der Waals surface area contributed by atoms with Crippen LogP contribution in [0.1, 0.15) is 23.2 Å². The minimum absolute atomic E-state index is 0.0499. The van der Waals surface area contributed by atoms with Crippen molar-refractivity contribution in [2.24, 2.45) is 11.8 Å². The van der Waals surface area contributed by atoms with Crippen LogP contribution >= 0.6 is 0 Å². The second kappa shape index (κ2) is 6.53. The van der Waals surface area contributed by atoms with Gasteiger partial charge in [0, 0.05) is 37.7 Å². The van der Waals surface area contributed by atoms with Crippen LogP contribution in [-0.4, -0.2) is 70.1 Å². The normalized spacial score (nSPS) is 25.0. The first-order valence-corrected chi connectivity index (χ1v) is 8.80. The number of carbonyl (C=O) groups excluding carboxylic acids is 1. The van der Waals surface area contributed by atoms with Crippen molar-refractivity contribution in [2.45, 2.75) is 12.8 Å². The van der Waals surface area contributed by atoms with Crippen molar-refractivity contribution in [2.75, 3.05) is 39.3 Å². The Morgan fingerprint density at radius 3 is 2.83 bits per heavy atom. The number of aliphatic hydroxyl groups excluding tert-OH is 1. The van der Waals surface area contributed by atoms with Gasteiger partial charge in [0.25, 0.3) is 5.91 Å². The van der Waals surface area contributed by atoms with E-state index in [0.717, 1.165) is 37.2 Å². The van der Waals surface area contributed by atoms with Gasteiger partial charge < -0.3 is 19.9 Å².